The molecule has 6 unspecified atom stereocenters. The van der Waals surface area contributed by atoms with E-state index in [1.165, 1.54) is 13.8 Å². The first-order chi connectivity index (χ1) is 14.2. The van der Waals surface area contributed by atoms with Crippen molar-refractivity contribution in [3.8, 4) is 0 Å². The van der Waals surface area contributed by atoms with Gasteiger partial charge in [-0.2, -0.15) is 0 Å². The van der Waals surface area contributed by atoms with Crippen molar-refractivity contribution in [1.29, 1.82) is 0 Å². The Morgan fingerprint density at radius 1 is 0.774 bits per heavy atom. The maximum absolute atomic E-state index is 12.7. The van der Waals surface area contributed by atoms with Gasteiger partial charge in [0.25, 0.3) is 0 Å². The lowest BCUT2D eigenvalue weighted by molar-refractivity contribution is -0.144. The number of amides is 3. The van der Waals surface area contributed by atoms with Crippen molar-refractivity contribution in [2.75, 3.05) is 0 Å². The van der Waals surface area contributed by atoms with E-state index in [2.05, 4.69) is 16.0 Å². The number of carbonyl (C=O) groups is 5. The smallest absolute Gasteiger partial charge is 0.326 e. The molecular weight excluding hydrogens is 416 g/mol. The third kappa shape index (κ3) is 9.72. The predicted molar refractivity (Wildman–Crippen MR) is 106 cm³/mol. The summed E-state index contributed by atoms with van der Waals surface area (Å²) in [6, 6.07) is -5.60. The lowest BCUT2D eigenvalue weighted by Crippen LogP contribution is -2.61. The van der Waals surface area contributed by atoms with Crippen LogP contribution in [0.2, 0.25) is 0 Å². The fraction of sp³-hybridized carbons (Fsp3) is 0.722. The van der Waals surface area contributed by atoms with Gasteiger partial charge >= 0.3 is 11.9 Å². The van der Waals surface area contributed by atoms with E-state index in [1.54, 1.807) is 13.8 Å². The molecule has 13 heteroatoms. The number of carboxylic acids is 2. The molecule has 0 heterocycles. The zero-order chi connectivity index (χ0) is 24.5. The molecule has 0 radical (unpaired) electrons. The topological polar surface area (TPSA) is 228 Å². The molecule has 0 fully saturated rings. The van der Waals surface area contributed by atoms with Crippen LogP contribution in [0.3, 0.4) is 0 Å². The first-order valence-corrected chi connectivity index (χ1v) is 9.66. The van der Waals surface area contributed by atoms with Crippen LogP contribution in [0.1, 0.15) is 40.5 Å². The second kappa shape index (κ2) is 12.8. The van der Waals surface area contributed by atoms with Crippen LogP contribution in [0.5, 0.6) is 0 Å². The maximum atomic E-state index is 12.7. The molecule has 0 rings (SSSR count). The molecule has 0 aliphatic heterocycles. The van der Waals surface area contributed by atoms with Gasteiger partial charge in [0.15, 0.2) is 0 Å². The summed E-state index contributed by atoms with van der Waals surface area (Å²) >= 11 is 0. The fourth-order valence-corrected chi connectivity index (χ4v) is 2.44. The van der Waals surface area contributed by atoms with Gasteiger partial charge in [0.05, 0.1) is 12.2 Å². The van der Waals surface area contributed by atoms with Crippen molar-refractivity contribution < 1.29 is 44.4 Å². The van der Waals surface area contributed by atoms with Crippen molar-refractivity contribution in [2.24, 2.45) is 11.7 Å². The summed E-state index contributed by atoms with van der Waals surface area (Å²) in [7, 11) is 0. The Morgan fingerprint density at radius 2 is 1.26 bits per heavy atom. The van der Waals surface area contributed by atoms with E-state index in [-0.39, 0.29) is 0 Å². The molecule has 0 aromatic carbocycles. The lowest BCUT2D eigenvalue weighted by atomic mass is 10.0. The fourth-order valence-electron chi connectivity index (χ4n) is 2.44. The Hall–Kier alpha value is -2.77. The van der Waals surface area contributed by atoms with Gasteiger partial charge in [-0.1, -0.05) is 13.8 Å². The maximum Gasteiger partial charge on any atom is 0.326 e. The Morgan fingerprint density at radius 3 is 1.65 bits per heavy atom. The molecule has 0 aromatic heterocycles. The summed E-state index contributed by atoms with van der Waals surface area (Å²) in [6.45, 7) is 5.68. The highest BCUT2D eigenvalue weighted by atomic mass is 16.4. The molecule has 3 amide bonds. The van der Waals surface area contributed by atoms with Crippen LogP contribution in [0.4, 0.5) is 0 Å². The van der Waals surface area contributed by atoms with Gasteiger partial charge in [-0.05, 0) is 26.2 Å². The van der Waals surface area contributed by atoms with Crippen LogP contribution in [0.15, 0.2) is 0 Å². The standard InChI is InChI=1S/C18H32N4O9/c1-7(2)13(21-15(27)12(19)8(3)23)16(28)22-14(9(4)24)17(29)20-10(18(30)31)5-6-11(25)26/h7-10,12-14,23-24H,5-6,19H2,1-4H3,(H,20,29)(H,21,27)(H,22,28)(H,25,26)(H,30,31). The number of carbonyl (C=O) groups excluding carboxylic acids is 3. The van der Waals surface area contributed by atoms with Crippen molar-refractivity contribution in [1.82, 2.24) is 16.0 Å². The van der Waals surface area contributed by atoms with E-state index >= 15 is 0 Å². The monoisotopic (exact) mass is 448 g/mol. The Kier molecular flexibility index (Phi) is 11.7. The quantitative estimate of drug-likeness (QED) is 0.144. The Bertz CT molecular complexity index is 666. The van der Waals surface area contributed by atoms with Crippen LogP contribution in [-0.2, 0) is 24.0 Å². The third-order valence-corrected chi connectivity index (χ3v) is 4.39. The third-order valence-electron chi connectivity index (χ3n) is 4.39. The minimum atomic E-state index is -1.58. The number of hydrogen-bond acceptors (Lipinski definition) is 8. The first kappa shape index (κ1) is 28.2. The summed E-state index contributed by atoms with van der Waals surface area (Å²) in [5, 5.41) is 43.9. The molecule has 13 nitrogen and oxygen atoms in total. The van der Waals surface area contributed by atoms with Gasteiger partial charge in [-0.25, -0.2) is 4.79 Å². The molecule has 6 atom stereocenters. The highest BCUT2D eigenvalue weighted by Crippen LogP contribution is 2.06. The second-order valence-corrected chi connectivity index (χ2v) is 7.56. The summed E-state index contributed by atoms with van der Waals surface area (Å²) in [5.74, 6) is -5.90. The van der Waals surface area contributed by atoms with E-state index in [0.717, 1.165) is 0 Å². The molecule has 31 heavy (non-hydrogen) atoms. The van der Waals surface area contributed by atoms with E-state index in [9.17, 15) is 34.2 Å². The molecule has 0 aliphatic carbocycles. The van der Waals surface area contributed by atoms with E-state index < -0.39 is 84.8 Å². The molecule has 0 spiro atoms. The Balaban J connectivity index is 5.36. The average Bonchev–Trinajstić information content (AvgIpc) is 2.64. The number of nitrogens with two attached hydrogens (primary N) is 1. The van der Waals surface area contributed by atoms with Crippen LogP contribution >= 0.6 is 0 Å². The highest BCUT2D eigenvalue weighted by Gasteiger charge is 2.34. The lowest BCUT2D eigenvalue weighted by Gasteiger charge is -2.28. The normalized spacial score (nSPS) is 16.9. The van der Waals surface area contributed by atoms with E-state index in [1.807, 2.05) is 0 Å². The summed E-state index contributed by atoms with van der Waals surface area (Å²) in [6.07, 6.45) is -3.54. The number of nitrogens with one attached hydrogen (secondary N) is 3. The van der Waals surface area contributed by atoms with Crippen LogP contribution in [-0.4, -0.2) is 86.5 Å². The van der Waals surface area contributed by atoms with Gasteiger partial charge < -0.3 is 42.1 Å². The van der Waals surface area contributed by atoms with Crippen LogP contribution in [0, 0.1) is 5.92 Å². The van der Waals surface area contributed by atoms with Crippen LogP contribution < -0.4 is 21.7 Å². The molecule has 0 saturated heterocycles. The SMILES string of the molecule is CC(C)C(NC(=O)C(N)C(C)O)C(=O)NC(C(=O)NC(CCC(=O)O)C(=O)O)C(C)O. The number of rotatable bonds is 13. The van der Waals surface area contributed by atoms with Crippen molar-refractivity contribution >= 4 is 29.7 Å². The van der Waals surface area contributed by atoms with Gasteiger partial charge in [0.1, 0.15) is 24.2 Å². The number of hydrogen-bond donors (Lipinski definition) is 8. The summed E-state index contributed by atoms with van der Waals surface area (Å²) in [4.78, 5) is 59.1. The van der Waals surface area contributed by atoms with Gasteiger partial charge in [-0.3, -0.25) is 19.2 Å². The Labute approximate surface area is 179 Å². The number of aliphatic carboxylic acids is 2. The largest absolute Gasteiger partial charge is 0.481 e. The molecule has 178 valence electrons. The summed E-state index contributed by atoms with van der Waals surface area (Å²) < 4.78 is 0. The zero-order valence-corrected chi connectivity index (χ0v) is 17.9. The van der Waals surface area contributed by atoms with Crippen molar-refractivity contribution in [3.05, 3.63) is 0 Å². The van der Waals surface area contributed by atoms with E-state index in [4.69, 9.17) is 15.9 Å². The highest BCUT2D eigenvalue weighted by molar-refractivity contribution is 5.94. The minimum Gasteiger partial charge on any atom is -0.481 e. The average molecular weight is 448 g/mol. The molecular formula is C18H32N4O9. The number of aliphatic hydroxyl groups excluding tert-OH is 2. The number of aliphatic hydroxyl groups is 2. The van der Waals surface area contributed by atoms with Crippen LogP contribution in [0.25, 0.3) is 0 Å². The van der Waals surface area contributed by atoms with Gasteiger partial charge in [-0.15, -0.1) is 0 Å². The minimum absolute atomic E-state index is 0.404. The molecule has 0 aromatic rings. The van der Waals surface area contributed by atoms with Crippen molar-refractivity contribution in [3.63, 3.8) is 0 Å². The van der Waals surface area contributed by atoms with Gasteiger partial charge in [0, 0.05) is 6.42 Å². The van der Waals surface area contributed by atoms with E-state index in [0.29, 0.717) is 0 Å². The molecule has 0 bridgehead atoms. The first-order valence-electron chi connectivity index (χ1n) is 9.66. The predicted octanol–water partition coefficient (Wildman–Crippen LogP) is -2.86. The van der Waals surface area contributed by atoms with Gasteiger partial charge in [0.2, 0.25) is 17.7 Å². The zero-order valence-electron chi connectivity index (χ0n) is 17.9. The molecule has 0 saturated carbocycles. The summed E-state index contributed by atoms with van der Waals surface area (Å²) in [5.41, 5.74) is 5.54. The molecule has 0 aliphatic rings. The van der Waals surface area contributed by atoms with Crippen molar-refractivity contribution in [2.45, 2.75) is 76.9 Å². The molecule has 9 N–H and O–H groups in total. The second-order valence-electron chi connectivity index (χ2n) is 7.56. The number of carboxylic acid groups (broad SMARTS) is 2.